The van der Waals surface area contributed by atoms with Crippen LogP contribution in [0.5, 0.6) is 5.75 Å². The first kappa shape index (κ1) is 18.4. The molecule has 0 aliphatic heterocycles. The van der Waals surface area contributed by atoms with Gasteiger partial charge in [0.15, 0.2) is 5.78 Å². The molecule has 1 atom stereocenters. The van der Waals surface area contributed by atoms with Crippen LogP contribution in [0.4, 0.5) is 0 Å². The Kier molecular flexibility index (Phi) is 7.25. The molecule has 0 amide bonds. The molecule has 0 spiro atoms. The first-order chi connectivity index (χ1) is 10.3. The summed E-state index contributed by atoms with van der Waals surface area (Å²) < 4.78 is 0. The van der Waals surface area contributed by atoms with Crippen LogP contribution in [0, 0.1) is 5.92 Å². The Morgan fingerprint density at radius 2 is 1.55 bits per heavy atom. The molecule has 0 heterocycles. The lowest BCUT2D eigenvalue weighted by Gasteiger charge is -2.20. The van der Waals surface area contributed by atoms with Gasteiger partial charge in [0.1, 0.15) is 11.5 Å². The Bertz CT molecular complexity index is 492. The number of hydrogen-bond acceptors (Lipinski definition) is 4. The predicted octanol–water partition coefficient (Wildman–Crippen LogP) is 2.88. The molecular formula is C18H27NO3. The quantitative estimate of drug-likeness (QED) is 0.736. The summed E-state index contributed by atoms with van der Waals surface area (Å²) >= 11 is 0. The standard InChI is InChI=1S/C18H27NO3/c1-12(2)17(21)9-10-18(22)16(19-13(3)4)11-14-5-7-15(20)8-6-14/h5-8,12-13,16,19-20H,9-11H2,1-4H3/t16-/m0/s1. The van der Waals surface area contributed by atoms with Gasteiger partial charge >= 0.3 is 0 Å². The zero-order chi connectivity index (χ0) is 16.7. The summed E-state index contributed by atoms with van der Waals surface area (Å²) in [5, 5.41) is 12.6. The van der Waals surface area contributed by atoms with Gasteiger partial charge in [-0.25, -0.2) is 0 Å². The number of carbonyl (C=O) groups excluding carboxylic acids is 2. The summed E-state index contributed by atoms with van der Waals surface area (Å²) in [4.78, 5) is 24.1. The Morgan fingerprint density at radius 1 is 1.00 bits per heavy atom. The molecule has 0 saturated heterocycles. The highest BCUT2D eigenvalue weighted by atomic mass is 16.3. The highest BCUT2D eigenvalue weighted by Crippen LogP contribution is 2.13. The van der Waals surface area contributed by atoms with Crippen molar-refractivity contribution < 1.29 is 14.7 Å². The number of phenolic OH excluding ortho intramolecular Hbond substituents is 1. The third kappa shape index (κ3) is 6.39. The second-order valence-corrected chi connectivity index (χ2v) is 6.33. The Labute approximate surface area is 132 Å². The average Bonchev–Trinajstić information content (AvgIpc) is 2.45. The molecule has 22 heavy (non-hydrogen) atoms. The van der Waals surface area contributed by atoms with Gasteiger partial charge < -0.3 is 10.4 Å². The average molecular weight is 305 g/mol. The third-order valence-electron chi connectivity index (χ3n) is 3.56. The Morgan fingerprint density at radius 3 is 2.05 bits per heavy atom. The molecule has 4 heteroatoms. The van der Waals surface area contributed by atoms with Crippen molar-refractivity contribution in [2.24, 2.45) is 5.92 Å². The number of carbonyl (C=O) groups is 2. The van der Waals surface area contributed by atoms with Gasteiger partial charge in [-0.1, -0.05) is 39.8 Å². The highest BCUT2D eigenvalue weighted by molar-refractivity contribution is 5.89. The molecule has 1 rings (SSSR count). The molecular weight excluding hydrogens is 278 g/mol. The molecule has 0 fully saturated rings. The summed E-state index contributed by atoms with van der Waals surface area (Å²) in [6.45, 7) is 7.70. The minimum absolute atomic E-state index is 0.0265. The van der Waals surface area contributed by atoms with Gasteiger partial charge in [-0.15, -0.1) is 0 Å². The van der Waals surface area contributed by atoms with E-state index in [4.69, 9.17) is 0 Å². The van der Waals surface area contributed by atoms with E-state index in [-0.39, 0.29) is 41.7 Å². The SMILES string of the molecule is CC(C)N[C@@H](Cc1ccc(O)cc1)C(=O)CCC(=O)C(C)C. The van der Waals surface area contributed by atoms with Gasteiger partial charge in [0.25, 0.3) is 0 Å². The molecule has 2 N–H and O–H groups in total. The summed E-state index contributed by atoms with van der Waals surface area (Å²) in [6.07, 6.45) is 1.15. The number of nitrogens with one attached hydrogen (secondary N) is 1. The zero-order valence-corrected chi connectivity index (χ0v) is 13.9. The fourth-order valence-corrected chi connectivity index (χ4v) is 2.25. The van der Waals surface area contributed by atoms with Crippen LogP contribution in [0.2, 0.25) is 0 Å². The van der Waals surface area contributed by atoms with Gasteiger partial charge in [0, 0.05) is 24.8 Å². The second-order valence-electron chi connectivity index (χ2n) is 6.33. The third-order valence-corrected chi connectivity index (χ3v) is 3.56. The molecule has 0 aromatic heterocycles. The van der Waals surface area contributed by atoms with E-state index >= 15 is 0 Å². The molecule has 122 valence electrons. The summed E-state index contributed by atoms with van der Waals surface area (Å²) in [5.74, 6) is 0.379. The molecule has 0 bridgehead atoms. The Balaban J connectivity index is 2.68. The van der Waals surface area contributed by atoms with Crippen LogP contribution < -0.4 is 5.32 Å². The lowest BCUT2D eigenvalue weighted by atomic mass is 9.96. The van der Waals surface area contributed by atoms with Gasteiger partial charge in [-0.2, -0.15) is 0 Å². The zero-order valence-electron chi connectivity index (χ0n) is 13.9. The van der Waals surface area contributed by atoms with Crippen molar-refractivity contribution in [3.05, 3.63) is 29.8 Å². The number of aromatic hydroxyl groups is 1. The molecule has 0 aliphatic rings. The van der Waals surface area contributed by atoms with Crippen LogP contribution in [-0.2, 0) is 16.0 Å². The van der Waals surface area contributed by atoms with Gasteiger partial charge in [-0.05, 0) is 24.1 Å². The maximum Gasteiger partial charge on any atom is 0.150 e. The number of rotatable bonds is 9. The van der Waals surface area contributed by atoms with E-state index in [1.807, 2.05) is 39.8 Å². The van der Waals surface area contributed by atoms with E-state index in [1.165, 1.54) is 0 Å². The molecule has 4 nitrogen and oxygen atoms in total. The lowest BCUT2D eigenvalue weighted by Crippen LogP contribution is -2.42. The van der Waals surface area contributed by atoms with Crippen LogP contribution in [0.3, 0.4) is 0 Å². The van der Waals surface area contributed by atoms with Gasteiger partial charge in [-0.3, -0.25) is 9.59 Å². The van der Waals surface area contributed by atoms with Crippen LogP contribution in [0.1, 0.15) is 46.1 Å². The maximum atomic E-state index is 12.4. The van der Waals surface area contributed by atoms with Crippen molar-refractivity contribution >= 4 is 11.6 Å². The number of Topliss-reactive ketones (excluding diaryl/α,β-unsaturated/α-hetero) is 2. The van der Waals surface area contributed by atoms with Crippen LogP contribution >= 0.6 is 0 Å². The summed E-state index contributed by atoms with van der Waals surface area (Å²) in [7, 11) is 0. The minimum Gasteiger partial charge on any atom is -0.508 e. The van der Waals surface area contributed by atoms with E-state index in [1.54, 1.807) is 12.1 Å². The largest absolute Gasteiger partial charge is 0.508 e. The fraction of sp³-hybridized carbons (Fsp3) is 0.556. The van der Waals surface area contributed by atoms with Crippen molar-refractivity contribution in [2.45, 2.75) is 59.0 Å². The van der Waals surface area contributed by atoms with Crippen molar-refractivity contribution in [3.8, 4) is 5.75 Å². The van der Waals surface area contributed by atoms with Crippen molar-refractivity contribution in [1.82, 2.24) is 5.32 Å². The van der Waals surface area contributed by atoms with Crippen molar-refractivity contribution in [2.75, 3.05) is 0 Å². The summed E-state index contributed by atoms with van der Waals surface area (Å²) in [5.41, 5.74) is 0.986. The van der Waals surface area contributed by atoms with E-state index in [2.05, 4.69) is 5.32 Å². The van der Waals surface area contributed by atoms with Crippen LogP contribution in [0.25, 0.3) is 0 Å². The first-order valence-corrected chi connectivity index (χ1v) is 7.89. The van der Waals surface area contributed by atoms with E-state index in [9.17, 15) is 14.7 Å². The Hall–Kier alpha value is -1.68. The van der Waals surface area contributed by atoms with Gasteiger partial charge in [0.2, 0.25) is 0 Å². The number of hydrogen-bond donors (Lipinski definition) is 2. The molecule has 0 saturated carbocycles. The molecule has 0 radical (unpaired) electrons. The van der Waals surface area contributed by atoms with E-state index in [0.717, 1.165) is 5.56 Å². The number of benzene rings is 1. The molecule has 0 unspecified atom stereocenters. The summed E-state index contributed by atoms with van der Waals surface area (Å²) in [6, 6.07) is 6.76. The topological polar surface area (TPSA) is 66.4 Å². The minimum atomic E-state index is -0.301. The number of phenols is 1. The van der Waals surface area contributed by atoms with Crippen molar-refractivity contribution in [3.63, 3.8) is 0 Å². The number of ketones is 2. The molecule has 0 aliphatic carbocycles. The van der Waals surface area contributed by atoms with E-state index < -0.39 is 0 Å². The molecule has 1 aromatic carbocycles. The second kappa shape index (κ2) is 8.69. The molecule has 1 aromatic rings. The maximum absolute atomic E-state index is 12.4. The monoisotopic (exact) mass is 305 g/mol. The normalized spacial score (nSPS) is 12.6. The fourth-order valence-electron chi connectivity index (χ4n) is 2.25. The smallest absolute Gasteiger partial charge is 0.150 e. The van der Waals surface area contributed by atoms with Crippen LogP contribution in [-0.4, -0.2) is 28.8 Å². The predicted molar refractivity (Wildman–Crippen MR) is 88.0 cm³/mol. The van der Waals surface area contributed by atoms with E-state index in [0.29, 0.717) is 12.8 Å². The van der Waals surface area contributed by atoms with Crippen molar-refractivity contribution in [1.29, 1.82) is 0 Å². The van der Waals surface area contributed by atoms with Crippen LogP contribution in [0.15, 0.2) is 24.3 Å². The first-order valence-electron chi connectivity index (χ1n) is 7.89. The highest BCUT2D eigenvalue weighted by Gasteiger charge is 2.21. The lowest BCUT2D eigenvalue weighted by molar-refractivity contribution is -0.126. The van der Waals surface area contributed by atoms with Gasteiger partial charge in [0.05, 0.1) is 6.04 Å².